The summed E-state index contributed by atoms with van der Waals surface area (Å²) in [5.41, 5.74) is 0. The van der Waals surface area contributed by atoms with Crippen molar-refractivity contribution in [3.05, 3.63) is 12.2 Å². The number of halogens is 1. The summed E-state index contributed by atoms with van der Waals surface area (Å²) >= 11 is 0. The molecule has 1 aliphatic heterocycles. The zero-order valence-corrected chi connectivity index (χ0v) is 8.98. The van der Waals surface area contributed by atoms with E-state index in [4.69, 9.17) is 0 Å². The Balaban J connectivity index is 0.000000845. The van der Waals surface area contributed by atoms with Crippen LogP contribution in [0.2, 0.25) is 0 Å². The van der Waals surface area contributed by atoms with E-state index in [0.717, 1.165) is 11.8 Å². The Labute approximate surface area is 87.4 Å². The maximum absolute atomic E-state index is 3.44. The molecular weight excluding hydrogens is 182 g/mol. The summed E-state index contributed by atoms with van der Waals surface area (Å²) in [5.74, 6) is 2.04. The van der Waals surface area contributed by atoms with Crippen LogP contribution in [-0.4, -0.2) is 13.1 Å². The van der Waals surface area contributed by atoms with Gasteiger partial charge < -0.3 is 5.32 Å². The Kier molecular flexibility index (Phi) is 4.82. The molecule has 1 saturated heterocycles. The maximum atomic E-state index is 3.44. The summed E-state index contributed by atoms with van der Waals surface area (Å²) in [6, 6.07) is 0. The van der Waals surface area contributed by atoms with Crippen molar-refractivity contribution in [2.75, 3.05) is 13.1 Å². The van der Waals surface area contributed by atoms with Crippen LogP contribution in [0.4, 0.5) is 0 Å². The number of piperidine rings is 1. The molecule has 0 aromatic heterocycles. The Bertz CT molecular complexity index is 161. The van der Waals surface area contributed by atoms with Crippen LogP contribution in [0.25, 0.3) is 0 Å². The van der Waals surface area contributed by atoms with Crippen LogP contribution in [0.15, 0.2) is 12.2 Å². The molecule has 0 saturated carbocycles. The molecule has 13 heavy (non-hydrogen) atoms. The Hall–Kier alpha value is -0.0100. The molecule has 0 amide bonds. The van der Waals surface area contributed by atoms with Crippen LogP contribution >= 0.6 is 12.4 Å². The van der Waals surface area contributed by atoms with Crippen molar-refractivity contribution in [2.24, 2.45) is 11.8 Å². The molecule has 1 atom stereocenters. The summed E-state index contributed by atoms with van der Waals surface area (Å²) in [6.07, 6.45) is 11.7. The van der Waals surface area contributed by atoms with Crippen molar-refractivity contribution in [1.82, 2.24) is 5.32 Å². The van der Waals surface area contributed by atoms with Gasteiger partial charge in [-0.15, -0.1) is 12.4 Å². The summed E-state index contributed by atoms with van der Waals surface area (Å²) in [4.78, 5) is 0. The molecule has 1 heterocycles. The molecule has 0 bridgehead atoms. The van der Waals surface area contributed by atoms with Crippen LogP contribution < -0.4 is 5.32 Å². The van der Waals surface area contributed by atoms with Crippen molar-refractivity contribution in [1.29, 1.82) is 0 Å². The molecule has 2 aliphatic rings. The van der Waals surface area contributed by atoms with E-state index in [1.165, 1.54) is 45.2 Å². The lowest BCUT2D eigenvalue weighted by molar-refractivity contribution is 0.244. The molecule has 0 spiro atoms. The van der Waals surface area contributed by atoms with E-state index in [0.29, 0.717) is 0 Å². The highest BCUT2D eigenvalue weighted by Crippen LogP contribution is 2.31. The topological polar surface area (TPSA) is 12.0 Å². The Morgan fingerprint density at radius 3 is 2.31 bits per heavy atom. The summed E-state index contributed by atoms with van der Waals surface area (Å²) in [7, 11) is 0. The van der Waals surface area contributed by atoms with Crippen molar-refractivity contribution in [3.63, 3.8) is 0 Å². The monoisotopic (exact) mass is 201 g/mol. The van der Waals surface area contributed by atoms with Gasteiger partial charge in [0.25, 0.3) is 0 Å². The second-order valence-electron chi connectivity index (χ2n) is 4.13. The number of hydrogen-bond acceptors (Lipinski definition) is 1. The molecule has 1 aliphatic carbocycles. The summed E-state index contributed by atoms with van der Waals surface area (Å²) in [5, 5.41) is 3.44. The van der Waals surface area contributed by atoms with Gasteiger partial charge in [-0.25, -0.2) is 0 Å². The minimum Gasteiger partial charge on any atom is -0.317 e. The predicted molar refractivity (Wildman–Crippen MR) is 59.3 cm³/mol. The fraction of sp³-hybridized carbons (Fsp3) is 0.818. The van der Waals surface area contributed by atoms with Crippen LogP contribution in [0.3, 0.4) is 0 Å². The lowest BCUT2D eigenvalue weighted by Crippen LogP contribution is -2.31. The highest BCUT2D eigenvalue weighted by molar-refractivity contribution is 5.85. The van der Waals surface area contributed by atoms with Crippen LogP contribution in [0.5, 0.6) is 0 Å². The first-order chi connectivity index (χ1) is 5.97. The highest BCUT2D eigenvalue weighted by atomic mass is 35.5. The molecule has 2 heteroatoms. The van der Waals surface area contributed by atoms with Crippen molar-refractivity contribution >= 4 is 12.4 Å². The average molecular weight is 202 g/mol. The lowest BCUT2D eigenvalue weighted by Gasteiger charge is -2.31. The zero-order valence-electron chi connectivity index (χ0n) is 8.17. The van der Waals surface area contributed by atoms with Gasteiger partial charge in [-0.05, 0) is 57.0 Å². The predicted octanol–water partition coefficient (Wildman–Crippen LogP) is 2.76. The van der Waals surface area contributed by atoms with E-state index in [-0.39, 0.29) is 12.4 Å². The highest BCUT2D eigenvalue weighted by Gasteiger charge is 2.22. The fourth-order valence-electron chi connectivity index (χ4n) is 2.56. The van der Waals surface area contributed by atoms with Crippen molar-refractivity contribution in [2.45, 2.75) is 32.1 Å². The van der Waals surface area contributed by atoms with Gasteiger partial charge in [-0.2, -0.15) is 0 Å². The van der Waals surface area contributed by atoms with Gasteiger partial charge in [0.1, 0.15) is 0 Å². The first-order valence-electron chi connectivity index (χ1n) is 5.32. The average Bonchev–Trinajstić information content (AvgIpc) is 2.21. The SMILES string of the molecule is C1=CCC(C2CCNCC2)CC1.Cl. The normalized spacial score (nSPS) is 29.7. The Morgan fingerprint density at radius 2 is 1.69 bits per heavy atom. The fourth-order valence-corrected chi connectivity index (χ4v) is 2.56. The van der Waals surface area contributed by atoms with Crippen LogP contribution in [0, 0.1) is 11.8 Å². The molecule has 76 valence electrons. The number of hydrogen-bond donors (Lipinski definition) is 1. The van der Waals surface area contributed by atoms with Crippen LogP contribution in [-0.2, 0) is 0 Å². The third kappa shape index (κ3) is 2.99. The first kappa shape index (κ1) is 11.1. The molecule has 0 aromatic rings. The third-order valence-electron chi connectivity index (χ3n) is 3.36. The summed E-state index contributed by atoms with van der Waals surface area (Å²) in [6.45, 7) is 2.51. The van der Waals surface area contributed by atoms with E-state index in [1.54, 1.807) is 0 Å². The maximum Gasteiger partial charge on any atom is -0.00462 e. The quantitative estimate of drug-likeness (QED) is 0.644. The number of rotatable bonds is 1. The van der Waals surface area contributed by atoms with E-state index in [1.807, 2.05) is 0 Å². The first-order valence-corrected chi connectivity index (χ1v) is 5.32. The van der Waals surface area contributed by atoms with Gasteiger partial charge in [0, 0.05) is 0 Å². The smallest absolute Gasteiger partial charge is 0.00462 e. The molecule has 1 fully saturated rings. The Morgan fingerprint density at radius 1 is 0.923 bits per heavy atom. The molecule has 0 radical (unpaired) electrons. The van der Waals surface area contributed by atoms with Gasteiger partial charge in [0.2, 0.25) is 0 Å². The zero-order chi connectivity index (χ0) is 8.23. The van der Waals surface area contributed by atoms with Gasteiger partial charge in [0.05, 0.1) is 0 Å². The van der Waals surface area contributed by atoms with E-state index in [2.05, 4.69) is 17.5 Å². The van der Waals surface area contributed by atoms with Crippen molar-refractivity contribution in [3.8, 4) is 0 Å². The minimum atomic E-state index is 0. The molecule has 1 unspecified atom stereocenters. The third-order valence-corrected chi connectivity index (χ3v) is 3.36. The molecule has 1 nitrogen and oxygen atoms in total. The largest absolute Gasteiger partial charge is 0.317 e. The van der Waals surface area contributed by atoms with E-state index in [9.17, 15) is 0 Å². The molecule has 1 N–H and O–H groups in total. The number of allylic oxidation sites excluding steroid dienone is 2. The van der Waals surface area contributed by atoms with Gasteiger partial charge in [-0.3, -0.25) is 0 Å². The molecular formula is C11H20ClN. The second kappa shape index (κ2) is 5.66. The van der Waals surface area contributed by atoms with Crippen molar-refractivity contribution < 1.29 is 0 Å². The van der Waals surface area contributed by atoms with E-state index >= 15 is 0 Å². The minimum absolute atomic E-state index is 0. The van der Waals surface area contributed by atoms with Gasteiger partial charge >= 0.3 is 0 Å². The van der Waals surface area contributed by atoms with E-state index < -0.39 is 0 Å². The van der Waals surface area contributed by atoms with Crippen LogP contribution in [0.1, 0.15) is 32.1 Å². The standard InChI is InChI=1S/C11H19N.ClH/c1-2-4-10(5-3-1)11-6-8-12-9-7-11;/h1-2,10-12H,3-9H2;1H. The second-order valence-corrected chi connectivity index (χ2v) is 4.13. The summed E-state index contributed by atoms with van der Waals surface area (Å²) < 4.78 is 0. The van der Waals surface area contributed by atoms with Gasteiger partial charge in [0.15, 0.2) is 0 Å². The molecule has 2 rings (SSSR count). The molecule has 0 aromatic carbocycles. The lowest BCUT2D eigenvalue weighted by atomic mass is 9.78. The number of nitrogens with one attached hydrogen (secondary N) is 1. The van der Waals surface area contributed by atoms with Gasteiger partial charge in [-0.1, -0.05) is 12.2 Å².